The minimum absolute atomic E-state index is 0.428. The Morgan fingerprint density at radius 2 is 1.52 bits per heavy atom. The predicted molar refractivity (Wildman–Crippen MR) is 91.9 cm³/mol. The Morgan fingerprint density at radius 1 is 0.739 bits per heavy atom. The molecule has 0 unspecified atom stereocenters. The van der Waals surface area contributed by atoms with Crippen molar-refractivity contribution in [2.45, 2.75) is 0 Å². The Balaban J connectivity index is 1.69. The molecule has 2 nitrogen and oxygen atoms in total. The van der Waals surface area contributed by atoms with Crippen LogP contribution in [0.2, 0.25) is 0 Å². The van der Waals surface area contributed by atoms with Crippen LogP contribution in [0.25, 0.3) is 22.1 Å². The highest BCUT2D eigenvalue weighted by Crippen LogP contribution is 2.20. The summed E-state index contributed by atoms with van der Waals surface area (Å²) in [6.45, 7) is 0. The van der Waals surface area contributed by atoms with Gasteiger partial charge in [-0.15, -0.1) is 0 Å². The van der Waals surface area contributed by atoms with Crippen molar-refractivity contribution in [1.29, 1.82) is 0 Å². The van der Waals surface area contributed by atoms with E-state index in [0.29, 0.717) is 5.89 Å². The van der Waals surface area contributed by atoms with E-state index in [2.05, 4.69) is 35.0 Å². The molecule has 0 aliphatic heterocycles. The maximum atomic E-state index is 5.72. The summed E-state index contributed by atoms with van der Waals surface area (Å²) in [4.78, 5) is 4.25. The van der Waals surface area contributed by atoms with Gasteiger partial charge in [-0.1, -0.05) is 72.7 Å². The molecule has 0 fully saturated rings. The van der Waals surface area contributed by atoms with E-state index < -0.39 is 0 Å². The molecule has 0 saturated heterocycles. The summed E-state index contributed by atoms with van der Waals surface area (Å²) in [6, 6.07) is 24.2. The van der Waals surface area contributed by atoms with E-state index in [1.807, 2.05) is 54.6 Å². The molecule has 1 aromatic heterocycles. The second kappa shape index (κ2) is 5.82. The summed E-state index contributed by atoms with van der Waals surface area (Å²) in [7, 11) is 0. The molecular formula is C21H13NO. The van der Waals surface area contributed by atoms with E-state index in [0.717, 1.165) is 22.3 Å². The molecule has 23 heavy (non-hydrogen) atoms. The third-order valence-corrected chi connectivity index (χ3v) is 3.66. The number of fused-ring (bicyclic) bond motifs is 1. The van der Waals surface area contributed by atoms with Crippen LogP contribution in [0.1, 0.15) is 11.5 Å². The van der Waals surface area contributed by atoms with Gasteiger partial charge in [0.15, 0.2) is 5.76 Å². The second-order valence-corrected chi connectivity index (χ2v) is 5.17. The topological polar surface area (TPSA) is 26.0 Å². The quantitative estimate of drug-likeness (QED) is 0.467. The van der Waals surface area contributed by atoms with Gasteiger partial charge in [-0.25, -0.2) is 4.98 Å². The third kappa shape index (κ3) is 2.73. The summed E-state index contributed by atoms with van der Waals surface area (Å²) in [5.41, 5.74) is 1.97. The number of benzene rings is 3. The SMILES string of the molecule is C(#Cc1cccc2ccccc12)c1ncc(-c2ccccc2)o1. The molecule has 108 valence electrons. The zero-order valence-electron chi connectivity index (χ0n) is 12.4. The lowest BCUT2D eigenvalue weighted by molar-refractivity contribution is 0.557. The van der Waals surface area contributed by atoms with Crippen molar-refractivity contribution in [1.82, 2.24) is 4.98 Å². The molecule has 0 amide bonds. The van der Waals surface area contributed by atoms with Crippen LogP contribution in [0, 0.1) is 11.8 Å². The molecule has 0 bridgehead atoms. The largest absolute Gasteiger partial charge is 0.430 e. The van der Waals surface area contributed by atoms with Gasteiger partial charge in [0, 0.05) is 11.1 Å². The molecular weight excluding hydrogens is 282 g/mol. The molecule has 0 saturated carbocycles. The average Bonchev–Trinajstić information content (AvgIpc) is 3.10. The van der Waals surface area contributed by atoms with Crippen molar-refractivity contribution in [3.63, 3.8) is 0 Å². The molecule has 0 N–H and O–H groups in total. The summed E-state index contributed by atoms with van der Waals surface area (Å²) in [5, 5.41) is 2.31. The van der Waals surface area contributed by atoms with Gasteiger partial charge in [0.1, 0.15) is 0 Å². The van der Waals surface area contributed by atoms with Crippen LogP contribution in [0.4, 0.5) is 0 Å². The molecule has 0 spiro atoms. The molecule has 0 aliphatic rings. The molecule has 1 heterocycles. The Labute approximate surface area is 134 Å². The van der Waals surface area contributed by atoms with Gasteiger partial charge in [-0.05, 0) is 22.8 Å². The van der Waals surface area contributed by atoms with Gasteiger partial charge < -0.3 is 4.42 Å². The Morgan fingerprint density at radius 3 is 2.43 bits per heavy atom. The summed E-state index contributed by atoms with van der Waals surface area (Å²) in [5.74, 6) is 7.33. The molecule has 0 radical (unpaired) electrons. The maximum absolute atomic E-state index is 5.72. The number of aromatic nitrogens is 1. The van der Waals surface area contributed by atoms with E-state index in [1.165, 1.54) is 5.39 Å². The number of rotatable bonds is 1. The van der Waals surface area contributed by atoms with Gasteiger partial charge in [0.05, 0.1) is 6.20 Å². The van der Waals surface area contributed by atoms with E-state index in [1.54, 1.807) is 6.20 Å². The van der Waals surface area contributed by atoms with Gasteiger partial charge in [-0.2, -0.15) is 0 Å². The first kappa shape index (κ1) is 13.4. The zero-order valence-corrected chi connectivity index (χ0v) is 12.4. The fraction of sp³-hybridized carbons (Fsp3) is 0. The first-order valence-electron chi connectivity index (χ1n) is 7.41. The van der Waals surface area contributed by atoms with Crippen LogP contribution in [-0.2, 0) is 0 Å². The fourth-order valence-electron chi connectivity index (χ4n) is 2.52. The normalized spacial score (nSPS) is 10.3. The maximum Gasteiger partial charge on any atom is 0.274 e. The lowest BCUT2D eigenvalue weighted by atomic mass is 10.1. The zero-order chi connectivity index (χ0) is 15.5. The number of oxazole rings is 1. The van der Waals surface area contributed by atoms with E-state index >= 15 is 0 Å². The lowest BCUT2D eigenvalue weighted by Crippen LogP contribution is -1.79. The second-order valence-electron chi connectivity index (χ2n) is 5.17. The number of nitrogens with zero attached hydrogens (tertiary/aromatic N) is 1. The summed E-state index contributed by atoms with van der Waals surface area (Å²) in [6.07, 6.45) is 1.71. The van der Waals surface area contributed by atoms with Crippen LogP contribution < -0.4 is 0 Å². The Bertz CT molecular complexity index is 1010. The van der Waals surface area contributed by atoms with Crippen molar-refractivity contribution in [2.75, 3.05) is 0 Å². The molecule has 2 heteroatoms. The van der Waals surface area contributed by atoms with E-state index in [9.17, 15) is 0 Å². The van der Waals surface area contributed by atoms with Crippen molar-refractivity contribution in [3.05, 3.63) is 90.4 Å². The lowest BCUT2D eigenvalue weighted by Gasteiger charge is -1.98. The summed E-state index contributed by atoms with van der Waals surface area (Å²) >= 11 is 0. The van der Waals surface area contributed by atoms with Gasteiger partial charge >= 0.3 is 0 Å². The van der Waals surface area contributed by atoms with Crippen LogP contribution >= 0.6 is 0 Å². The Kier molecular flexibility index (Phi) is 3.38. The smallest absolute Gasteiger partial charge is 0.274 e. The number of hydrogen-bond donors (Lipinski definition) is 0. The molecule has 0 atom stereocenters. The molecule has 3 aromatic carbocycles. The highest BCUT2D eigenvalue weighted by molar-refractivity contribution is 5.88. The van der Waals surface area contributed by atoms with Crippen molar-refractivity contribution in [3.8, 4) is 23.2 Å². The minimum atomic E-state index is 0.428. The standard InChI is InChI=1S/C21H13NO/c1-2-8-18(9-3-1)20-15-22-21(23-20)14-13-17-11-6-10-16-7-4-5-12-19(16)17/h1-12,15H. The third-order valence-electron chi connectivity index (χ3n) is 3.66. The van der Waals surface area contributed by atoms with Crippen LogP contribution in [0.5, 0.6) is 0 Å². The van der Waals surface area contributed by atoms with Crippen LogP contribution in [0.3, 0.4) is 0 Å². The highest BCUT2D eigenvalue weighted by atomic mass is 16.4. The average molecular weight is 295 g/mol. The Hall–Kier alpha value is -3.31. The van der Waals surface area contributed by atoms with Crippen molar-refractivity contribution >= 4 is 10.8 Å². The minimum Gasteiger partial charge on any atom is -0.430 e. The predicted octanol–water partition coefficient (Wildman–Crippen LogP) is 4.89. The first-order valence-corrected chi connectivity index (χ1v) is 7.41. The molecule has 4 aromatic rings. The molecule has 0 aliphatic carbocycles. The van der Waals surface area contributed by atoms with E-state index in [4.69, 9.17) is 4.42 Å². The highest BCUT2D eigenvalue weighted by Gasteiger charge is 2.03. The van der Waals surface area contributed by atoms with Crippen LogP contribution in [-0.4, -0.2) is 4.98 Å². The molecule has 4 rings (SSSR count). The monoisotopic (exact) mass is 295 g/mol. The van der Waals surface area contributed by atoms with Crippen LogP contribution in [0.15, 0.2) is 83.4 Å². The van der Waals surface area contributed by atoms with E-state index in [-0.39, 0.29) is 0 Å². The fourth-order valence-corrected chi connectivity index (χ4v) is 2.52. The van der Waals surface area contributed by atoms with Crippen molar-refractivity contribution < 1.29 is 4.42 Å². The van der Waals surface area contributed by atoms with Gasteiger partial charge in [0.2, 0.25) is 0 Å². The van der Waals surface area contributed by atoms with Gasteiger partial charge in [0.25, 0.3) is 5.89 Å². The van der Waals surface area contributed by atoms with Gasteiger partial charge in [-0.3, -0.25) is 0 Å². The summed E-state index contributed by atoms with van der Waals surface area (Å²) < 4.78 is 5.72. The van der Waals surface area contributed by atoms with Crippen molar-refractivity contribution in [2.24, 2.45) is 0 Å². The number of hydrogen-bond acceptors (Lipinski definition) is 2. The first-order chi connectivity index (χ1) is 11.4.